The minimum Gasteiger partial charge on any atom is -0.508 e. The third-order valence-electron chi connectivity index (χ3n) is 2.24. The second-order valence-electron chi connectivity index (χ2n) is 3.35. The Morgan fingerprint density at radius 1 is 1.47 bits per heavy atom. The van der Waals surface area contributed by atoms with E-state index in [0.717, 1.165) is 22.2 Å². The molecule has 15 heavy (non-hydrogen) atoms. The van der Waals surface area contributed by atoms with Crippen LogP contribution >= 0.6 is 15.9 Å². The van der Waals surface area contributed by atoms with Gasteiger partial charge in [0.2, 0.25) is 0 Å². The van der Waals surface area contributed by atoms with Gasteiger partial charge in [-0.05, 0) is 18.6 Å². The predicted molar refractivity (Wildman–Crippen MR) is 65.0 cm³/mol. The van der Waals surface area contributed by atoms with Crippen molar-refractivity contribution in [3.05, 3.63) is 40.4 Å². The molecule has 0 aliphatic carbocycles. The van der Waals surface area contributed by atoms with Crippen LogP contribution in [0.3, 0.4) is 0 Å². The highest BCUT2D eigenvalue weighted by Crippen LogP contribution is 2.33. The Morgan fingerprint density at radius 2 is 2.27 bits per heavy atom. The van der Waals surface area contributed by atoms with Crippen molar-refractivity contribution in [1.82, 2.24) is 0 Å². The van der Waals surface area contributed by atoms with E-state index >= 15 is 0 Å². The zero-order valence-corrected chi connectivity index (χ0v) is 9.75. The fraction of sp³-hybridized carbons (Fsp3) is 0.167. The normalized spacial score (nSPS) is 13.9. The summed E-state index contributed by atoms with van der Waals surface area (Å²) in [5.74, 6) is 0.839. The van der Waals surface area contributed by atoms with Crippen molar-refractivity contribution in [3.8, 4) is 5.75 Å². The van der Waals surface area contributed by atoms with Gasteiger partial charge in [-0.3, -0.25) is 0 Å². The van der Waals surface area contributed by atoms with Gasteiger partial charge in [-0.1, -0.05) is 34.7 Å². The SMILES string of the molecule is C=C(O)c1cc(Br)cc2c1C=CCCO2. The Balaban J connectivity index is 2.63. The maximum atomic E-state index is 9.49. The number of hydrogen-bond acceptors (Lipinski definition) is 2. The average molecular weight is 267 g/mol. The van der Waals surface area contributed by atoms with Gasteiger partial charge in [-0.2, -0.15) is 0 Å². The molecular weight excluding hydrogens is 256 g/mol. The molecular formula is C12H11BrO2. The van der Waals surface area contributed by atoms with Gasteiger partial charge < -0.3 is 9.84 Å². The molecule has 0 unspecified atom stereocenters. The van der Waals surface area contributed by atoms with Crippen LogP contribution in [0.5, 0.6) is 5.75 Å². The lowest BCUT2D eigenvalue weighted by atomic mass is 10.0. The van der Waals surface area contributed by atoms with E-state index in [2.05, 4.69) is 22.5 Å². The highest BCUT2D eigenvalue weighted by atomic mass is 79.9. The number of fused-ring (bicyclic) bond motifs is 1. The number of aliphatic hydroxyl groups is 1. The molecule has 1 aliphatic heterocycles. The molecule has 1 aliphatic rings. The van der Waals surface area contributed by atoms with Crippen LogP contribution in [0.25, 0.3) is 11.8 Å². The quantitative estimate of drug-likeness (QED) is 0.785. The Hall–Kier alpha value is -1.22. The van der Waals surface area contributed by atoms with E-state index in [1.54, 1.807) is 0 Å². The number of halogens is 1. The second kappa shape index (κ2) is 4.11. The molecule has 0 saturated carbocycles. The molecule has 1 N–H and O–H groups in total. The van der Waals surface area contributed by atoms with E-state index in [1.165, 1.54) is 0 Å². The van der Waals surface area contributed by atoms with E-state index in [1.807, 2.05) is 24.3 Å². The fourth-order valence-electron chi connectivity index (χ4n) is 1.56. The molecule has 0 aromatic heterocycles. The van der Waals surface area contributed by atoms with Crippen LogP contribution in [0.15, 0.2) is 29.3 Å². The topological polar surface area (TPSA) is 29.5 Å². The summed E-state index contributed by atoms with van der Waals surface area (Å²) in [6.45, 7) is 4.21. The Labute approximate surface area is 97.0 Å². The Bertz CT molecular complexity index is 435. The van der Waals surface area contributed by atoms with Crippen LogP contribution in [-0.2, 0) is 0 Å². The number of ether oxygens (including phenoxy) is 1. The first-order chi connectivity index (χ1) is 7.18. The minimum atomic E-state index is 0.0581. The molecule has 3 heteroatoms. The van der Waals surface area contributed by atoms with Crippen molar-refractivity contribution < 1.29 is 9.84 Å². The average Bonchev–Trinajstić information content (AvgIpc) is 2.41. The third kappa shape index (κ3) is 2.07. The predicted octanol–water partition coefficient (Wildman–Crippen LogP) is 3.77. The number of rotatable bonds is 1. The second-order valence-corrected chi connectivity index (χ2v) is 4.27. The maximum absolute atomic E-state index is 9.49. The highest BCUT2D eigenvalue weighted by molar-refractivity contribution is 9.10. The standard InChI is InChI=1S/C12H11BrO2/c1-8(14)11-6-9(13)7-12-10(11)4-2-3-5-15-12/h2,4,6-7,14H,1,3,5H2. The zero-order valence-electron chi connectivity index (χ0n) is 8.16. The minimum absolute atomic E-state index is 0.0581. The van der Waals surface area contributed by atoms with Crippen LogP contribution in [0.2, 0.25) is 0 Å². The van der Waals surface area contributed by atoms with Crippen LogP contribution in [0, 0.1) is 0 Å². The van der Waals surface area contributed by atoms with Crippen molar-refractivity contribution in [2.45, 2.75) is 6.42 Å². The smallest absolute Gasteiger partial charge is 0.128 e. The molecule has 2 rings (SSSR count). The summed E-state index contributed by atoms with van der Waals surface area (Å²) >= 11 is 3.38. The van der Waals surface area contributed by atoms with Gasteiger partial charge in [0.1, 0.15) is 11.5 Å². The van der Waals surface area contributed by atoms with Crippen molar-refractivity contribution in [3.63, 3.8) is 0 Å². The molecule has 78 valence electrons. The van der Waals surface area contributed by atoms with Gasteiger partial charge in [0, 0.05) is 15.6 Å². The molecule has 0 spiro atoms. The number of aliphatic hydroxyl groups excluding tert-OH is 1. The fourth-order valence-corrected chi connectivity index (χ4v) is 2.00. The summed E-state index contributed by atoms with van der Waals surface area (Å²) < 4.78 is 6.45. The number of benzene rings is 1. The van der Waals surface area contributed by atoms with Crippen molar-refractivity contribution in [1.29, 1.82) is 0 Å². The lowest BCUT2D eigenvalue weighted by Crippen LogP contribution is -1.97. The molecule has 0 amide bonds. The molecule has 0 fully saturated rings. The van der Waals surface area contributed by atoms with Gasteiger partial charge in [0.25, 0.3) is 0 Å². The first kappa shape index (κ1) is 10.3. The first-order valence-corrected chi connectivity index (χ1v) is 5.49. The summed E-state index contributed by atoms with van der Waals surface area (Å²) in [4.78, 5) is 0. The van der Waals surface area contributed by atoms with Crippen LogP contribution in [-0.4, -0.2) is 11.7 Å². The van der Waals surface area contributed by atoms with Gasteiger partial charge in [-0.25, -0.2) is 0 Å². The van der Waals surface area contributed by atoms with Crippen LogP contribution in [0.1, 0.15) is 17.5 Å². The molecule has 2 nitrogen and oxygen atoms in total. The number of hydrogen-bond donors (Lipinski definition) is 1. The molecule has 0 saturated heterocycles. The summed E-state index contributed by atoms with van der Waals surface area (Å²) in [5, 5.41) is 9.49. The maximum Gasteiger partial charge on any atom is 0.128 e. The van der Waals surface area contributed by atoms with Gasteiger partial charge in [0.15, 0.2) is 0 Å². The summed E-state index contributed by atoms with van der Waals surface area (Å²) in [7, 11) is 0. The molecule has 1 heterocycles. The highest BCUT2D eigenvalue weighted by Gasteiger charge is 2.12. The molecule has 1 aromatic rings. The third-order valence-corrected chi connectivity index (χ3v) is 2.70. The van der Waals surface area contributed by atoms with Gasteiger partial charge >= 0.3 is 0 Å². The Morgan fingerprint density at radius 3 is 3.00 bits per heavy atom. The largest absolute Gasteiger partial charge is 0.508 e. The summed E-state index contributed by atoms with van der Waals surface area (Å²) in [6.07, 6.45) is 4.88. The van der Waals surface area contributed by atoms with E-state index in [4.69, 9.17) is 4.74 Å². The van der Waals surface area contributed by atoms with Crippen molar-refractivity contribution >= 4 is 27.8 Å². The van der Waals surface area contributed by atoms with Crippen molar-refractivity contribution in [2.24, 2.45) is 0 Å². The molecule has 1 aromatic carbocycles. The molecule has 0 radical (unpaired) electrons. The van der Waals surface area contributed by atoms with Crippen LogP contribution < -0.4 is 4.74 Å². The van der Waals surface area contributed by atoms with Crippen molar-refractivity contribution in [2.75, 3.05) is 6.61 Å². The molecule has 0 atom stereocenters. The Kier molecular flexibility index (Phi) is 2.82. The monoisotopic (exact) mass is 266 g/mol. The lowest BCUT2D eigenvalue weighted by Gasteiger charge is -2.11. The summed E-state index contributed by atoms with van der Waals surface area (Å²) in [5.41, 5.74) is 1.60. The van der Waals surface area contributed by atoms with E-state index in [0.29, 0.717) is 12.2 Å². The van der Waals surface area contributed by atoms with Gasteiger partial charge in [0.05, 0.1) is 6.61 Å². The van der Waals surface area contributed by atoms with Crippen LogP contribution in [0.4, 0.5) is 0 Å². The van der Waals surface area contributed by atoms with Gasteiger partial charge in [-0.15, -0.1) is 0 Å². The van der Waals surface area contributed by atoms with E-state index < -0.39 is 0 Å². The van der Waals surface area contributed by atoms with E-state index in [-0.39, 0.29) is 5.76 Å². The van der Waals surface area contributed by atoms with E-state index in [9.17, 15) is 5.11 Å². The molecule has 0 bridgehead atoms. The zero-order chi connectivity index (χ0) is 10.8. The summed E-state index contributed by atoms with van der Waals surface area (Å²) in [6, 6.07) is 3.73. The first-order valence-electron chi connectivity index (χ1n) is 4.69. The lowest BCUT2D eigenvalue weighted by molar-refractivity contribution is 0.326.